The fraction of sp³-hybridized carbons (Fsp3) is 0.100. The number of rotatable bonds is 6. The van der Waals surface area contributed by atoms with Gasteiger partial charge in [-0.1, -0.05) is 12.1 Å². The largest absolute Gasteiger partial charge is 0.347 e. The van der Waals surface area contributed by atoms with E-state index < -0.39 is 10.0 Å². The van der Waals surface area contributed by atoms with Crippen LogP contribution < -0.4 is 10.0 Å². The van der Waals surface area contributed by atoms with Gasteiger partial charge in [-0.05, 0) is 55.6 Å². The molecule has 29 heavy (non-hydrogen) atoms. The van der Waals surface area contributed by atoms with Crippen molar-refractivity contribution in [2.75, 3.05) is 7.05 Å². The first kappa shape index (κ1) is 19.3. The molecule has 0 saturated carbocycles. The molecule has 2 heterocycles. The zero-order valence-electron chi connectivity index (χ0n) is 15.5. The van der Waals surface area contributed by atoms with Crippen LogP contribution in [0, 0.1) is 0 Å². The lowest BCUT2D eigenvalue weighted by Gasteiger charge is -2.07. The van der Waals surface area contributed by atoms with E-state index in [1.165, 1.54) is 13.1 Å². The molecule has 0 radical (unpaired) electrons. The number of sulfonamides is 1. The molecule has 9 heteroatoms. The van der Waals surface area contributed by atoms with E-state index in [1.54, 1.807) is 24.5 Å². The van der Waals surface area contributed by atoms with Gasteiger partial charge in [0, 0.05) is 16.1 Å². The first-order valence-electron chi connectivity index (χ1n) is 8.81. The quantitative estimate of drug-likeness (QED) is 0.496. The molecule has 0 unspecified atom stereocenters. The van der Waals surface area contributed by atoms with E-state index in [0.717, 1.165) is 32.9 Å². The highest BCUT2D eigenvalue weighted by Crippen LogP contribution is 2.21. The Labute approximate surface area is 172 Å². The van der Waals surface area contributed by atoms with Gasteiger partial charge in [0.2, 0.25) is 10.0 Å². The molecular weight excluding hydrogens is 408 g/mol. The predicted octanol–water partition coefficient (Wildman–Crippen LogP) is 2.93. The van der Waals surface area contributed by atoms with Crippen LogP contribution in [-0.4, -0.2) is 30.9 Å². The van der Waals surface area contributed by atoms with Gasteiger partial charge in [0.05, 0.1) is 17.6 Å². The number of nitrogens with one attached hydrogen (secondary N) is 2. The molecule has 7 nitrogen and oxygen atoms in total. The number of carbonyl (C=O) groups excluding carboxylic acids is 1. The van der Waals surface area contributed by atoms with Gasteiger partial charge >= 0.3 is 0 Å². The van der Waals surface area contributed by atoms with Crippen LogP contribution in [0.1, 0.15) is 15.2 Å². The molecular formula is C20H18N4O3S2. The van der Waals surface area contributed by atoms with Crippen molar-refractivity contribution in [3.8, 4) is 5.69 Å². The third kappa shape index (κ3) is 3.93. The van der Waals surface area contributed by atoms with Crippen molar-refractivity contribution in [3.63, 3.8) is 0 Å². The van der Waals surface area contributed by atoms with Crippen molar-refractivity contribution in [1.82, 2.24) is 19.6 Å². The van der Waals surface area contributed by atoms with E-state index >= 15 is 0 Å². The molecule has 4 rings (SSSR count). The number of fused-ring (bicyclic) bond motifs is 1. The van der Waals surface area contributed by atoms with E-state index in [1.807, 2.05) is 41.0 Å². The van der Waals surface area contributed by atoms with Crippen LogP contribution >= 0.6 is 11.3 Å². The number of carbonyl (C=O) groups is 1. The first-order valence-corrected chi connectivity index (χ1v) is 11.1. The van der Waals surface area contributed by atoms with Gasteiger partial charge in [0.1, 0.15) is 10.5 Å². The van der Waals surface area contributed by atoms with Crippen LogP contribution in [0.15, 0.2) is 71.2 Å². The maximum absolute atomic E-state index is 12.4. The van der Waals surface area contributed by atoms with E-state index in [-0.39, 0.29) is 16.7 Å². The van der Waals surface area contributed by atoms with Gasteiger partial charge in [-0.25, -0.2) is 18.1 Å². The van der Waals surface area contributed by atoms with Gasteiger partial charge in [-0.2, -0.15) is 0 Å². The summed E-state index contributed by atoms with van der Waals surface area (Å²) in [6, 6.07) is 18.3. The van der Waals surface area contributed by atoms with E-state index in [4.69, 9.17) is 0 Å². The van der Waals surface area contributed by atoms with E-state index in [9.17, 15) is 13.2 Å². The summed E-state index contributed by atoms with van der Waals surface area (Å²) in [7, 11) is -2.09. The second-order valence-corrected chi connectivity index (χ2v) is 9.54. The highest BCUT2D eigenvalue weighted by Gasteiger charge is 2.15. The van der Waals surface area contributed by atoms with Crippen molar-refractivity contribution < 1.29 is 13.2 Å². The molecule has 2 N–H and O–H groups in total. The highest BCUT2D eigenvalue weighted by molar-refractivity contribution is 7.91. The van der Waals surface area contributed by atoms with Gasteiger partial charge in [-0.15, -0.1) is 11.3 Å². The Kier molecular flexibility index (Phi) is 5.18. The zero-order valence-corrected chi connectivity index (χ0v) is 17.1. The number of hydrogen-bond donors (Lipinski definition) is 2. The van der Waals surface area contributed by atoms with Gasteiger partial charge < -0.3 is 5.32 Å². The minimum Gasteiger partial charge on any atom is -0.347 e. The molecule has 2 aromatic heterocycles. The van der Waals surface area contributed by atoms with Crippen molar-refractivity contribution in [2.45, 2.75) is 10.8 Å². The molecule has 0 bridgehead atoms. The number of hydrogen-bond acceptors (Lipinski definition) is 5. The van der Waals surface area contributed by atoms with Crippen LogP contribution in [0.25, 0.3) is 16.7 Å². The number of thiophene rings is 1. The molecule has 0 fully saturated rings. The maximum atomic E-state index is 12.4. The Hall–Kier alpha value is -3.01. The Morgan fingerprint density at radius 1 is 1.07 bits per heavy atom. The first-order chi connectivity index (χ1) is 14.0. The van der Waals surface area contributed by atoms with Crippen molar-refractivity contribution >= 4 is 38.3 Å². The Morgan fingerprint density at radius 3 is 2.59 bits per heavy atom. The summed E-state index contributed by atoms with van der Waals surface area (Å²) >= 11 is 1.13. The second-order valence-electron chi connectivity index (χ2n) is 6.26. The predicted molar refractivity (Wildman–Crippen MR) is 113 cm³/mol. The normalized spacial score (nSPS) is 11.6. The van der Waals surface area contributed by atoms with Crippen molar-refractivity contribution in [2.24, 2.45) is 0 Å². The third-order valence-corrected chi connectivity index (χ3v) is 7.45. The Morgan fingerprint density at radius 2 is 1.83 bits per heavy atom. The summed E-state index contributed by atoms with van der Waals surface area (Å²) in [6.45, 7) is 0.261. The molecule has 0 aliphatic rings. The van der Waals surface area contributed by atoms with E-state index in [2.05, 4.69) is 15.0 Å². The maximum Gasteiger partial charge on any atom is 0.251 e. The summed E-state index contributed by atoms with van der Waals surface area (Å²) in [5.41, 5.74) is 3.34. The lowest BCUT2D eigenvalue weighted by Crippen LogP contribution is -2.22. The molecule has 1 amide bonds. The molecule has 0 aliphatic carbocycles. The van der Waals surface area contributed by atoms with Crippen LogP contribution in [0.3, 0.4) is 0 Å². The topological polar surface area (TPSA) is 93.1 Å². The number of benzene rings is 2. The summed E-state index contributed by atoms with van der Waals surface area (Å²) in [5, 5.41) is 2.82. The number of amides is 1. The minimum atomic E-state index is -3.46. The number of para-hydroxylation sites is 2. The van der Waals surface area contributed by atoms with E-state index in [0.29, 0.717) is 5.56 Å². The average Bonchev–Trinajstić information content (AvgIpc) is 3.40. The van der Waals surface area contributed by atoms with Crippen LogP contribution in [0.2, 0.25) is 0 Å². The molecule has 0 atom stereocenters. The van der Waals surface area contributed by atoms with Gasteiger partial charge in [0.15, 0.2) is 0 Å². The van der Waals surface area contributed by atoms with Gasteiger partial charge in [0.25, 0.3) is 5.91 Å². The summed E-state index contributed by atoms with van der Waals surface area (Å²) in [5.74, 6) is -0.224. The number of nitrogens with zero attached hydrogens (tertiary/aromatic N) is 2. The third-order valence-electron chi connectivity index (χ3n) is 4.45. The summed E-state index contributed by atoms with van der Waals surface area (Å²) in [6.07, 6.45) is 1.76. The Bertz CT molecular complexity index is 1270. The minimum absolute atomic E-state index is 0.223. The zero-order chi connectivity index (χ0) is 20.4. The van der Waals surface area contributed by atoms with Crippen LogP contribution in [0.4, 0.5) is 0 Å². The second kappa shape index (κ2) is 7.78. The van der Waals surface area contributed by atoms with Crippen LogP contribution in [-0.2, 0) is 16.6 Å². The molecule has 0 spiro atoms. The standard InChI is InChI=1S/C20H18N4O3S2/c1-21-29(26,27)19-11-10-16(28-19)12-22-20(25)14-6-8-15(9-7-14)24-13-23-17-4-2-3-5-18(17)24/h2-11,13,21H,12H2,1H3,(H,22,25). The monoisotopic (exact) mass is 426 g/mol. The lowest BCUT2D eigenvalue weighted by atomic mass is 10.2. The van der Waals surface area contributed by atoms with Crippen LogP contribution in [0.5, 0.6) is 0 Å². The van der Waals surface area contributed by atoms with Crippen molar-refractivity contribution in [3.05, 3.63) is 77.4 Å². The summed E-state index contributed by atoms with van der Waals surface area (Å²) < 4.78 is 28.0. The fourth-order valence-electron chi connectivity index (χ4n) is 2.91. The molecule has 0 saturated heterocycles. The summed E-state index contributed by atoms with van der Waals surface area (Å²) in [4.78, 5) is 17.6. The van der Waals surface area contributed by atoms with Crippen molar-refractivity contribution in [1.29, 1.82) is 0 Å². The molecule has 2 aromatic carbocycles. The SMILES string of the molecule is CNS(=O)(=O)c1ccc(CNC(=O)c2ccc(-n3cnc4ccccc43)cc2)s1. The number of aromatic nitrogens is 2. The molecule has 0 aliphatic heterocycles. The molecule has 4 aromatic rings. The number of imidazole rings is 1. The smallest absolute Gasteiger partial charge is 0.251 e. The fourth-order valence-corrected chi connectivity index (χ4v) is 5.04. The highest BCUT2D eigenvalue weighted by atomic mass is 32.2. The molecule has 148 valence electrons. The Balaban J connectivity index is 1.45. The average molecular weight is 427 g/mol. The lowest BCUT2D eigenvalue weighted by molar-refractivity contribution is 0.0951. The van der Waals surface area contributed by atoms with Gasteiger partial charge in [-0.3, -0.25) is 9.36 Å².